The van der Waals surface area contributed by atoms with Crippen LogP contribution in [0, 0.1) is 0 Å². The van der Waals surface area contributed by atoms with E-state index in [4.69, 9.17) is 9.47 Å². The molecule has 5 nitrogen and oxygen atoms in total. The first-order valence-corrected chi connectivity index (χ1v) is 9.65. The van der Waals surface area contributed by atoms with Crippen LogP contribution in [0.1, 0.15) is 22.8 Å². The molecule has 0 heterocycles. The lowest BCUT2D eigenvalue weighted by Gasteiger charge is -2.22. The van der Waals surface area contributed by atoms with Gasteiger partial charge in [-0.3, -0.25) is 0 Å². The van der Waals surface area contributed by atoms with Gasteiger partial charge >= 0.3 is 0 Å². The maximum atomic E-state index is 10.6. The van der Waals surface area contributed by atoms with Gasteiger partial charge in [0, 0.05) is 0 Å². The van der Waals surface area contributed by atoms with Crippen LogP contribution in [0.5, 0.6) is 11.5 Å². The molecule has 3 N–H and O–H groups in total. The summed E-state index contributed by atoms with van der Waals surface area (Å²) in [6.45, 7) is 0.627. The molecule has 0 amide bonds. The number of hydrogen-bond donors (Lipinski definition) is 3. The molecular weight excluding hydrogens is 366 g/mol. The van der Waals surface area contributed by atoms with E-state index in [9.17, 15) is 10.2 Å². The number of rotatable bonds is 10. The summed E-state index contributed by atoms with van der Waals surface area (Å²) in [5.74, 6) is 1.15. The highest BCUT2D eigenvalue weighted by molar-refractivity contribution is 5.44. The van der Waals surface area contributed by atoms with Crippen molar-refractivity contribution in [3.8, 4) is 11.5 Å². The molecule has 0 aliphatic carbocycles. The summed E-state index contributed by atoms with van der Waals surface area (Å²) in [5, 5.41) is 23.0. The first-order valence-electron chi connectivity index (χ1n) is 9.65. The number of aliphatic hydroxyl groups is 2. The van der Waals surface area contributed by atoms with E-state index >= 15 is 0 Å². The van der Waals surface area contributed by atoms with E-state index in [-0.39, 0.29) is 6.61 Å². The minimum Gasteiger partial charge on any atom is -0.485 e. The van der Waals surface area contributed by atoms with Crippen LogP contribution in [0.15, 0.2) is 78.9 Å². The lowest BCUT2D eigenvalue weighted by atomic mass is 10.0. The Kier molecular flexibility index (Phi) is 7.64. The molecule has 152 valence electrons. The van der Waals surface area contributed by atoms with Crippen LogP contribution in [-0.2, 0) is 13.2 Å². The standard InChI is InChI=1S/C24H27NO4/c1-25-21(15-26)24(27)20-12-13-22(28-16-18-8-4-2-5-9-18)23(14-20)29-17-19-10-6-3-7-11-19/h2-14,21,24-27H,15-17H2,1H3. The minimum atomic E-state index is -0.868. The fraction of sp³-hybridized carbons (Fsp3) is 0.250. The Hall–Kier alpha value is -2.86. The molecule has 0 saturated carbocycles. The zero-order valence-electron chi connectivity index (χ0n) is 16.5. The van der Waals surface area contributed by atoms with Gasteiger partial charge in [0.25, 0.3) is 0 Å². The van der Waals surface area contributed by atoms with Crippen molar-refractivity contribution in [2.24, 2.45) is 0 Å². The molecular formula is C24H27NO4. The van der Waals surface area contributed by atoms with Gasteiger partial charge in [-0.2, -0.15) is 0 Å². The van der Waals surface area contributed by atoms with Crippen LogP contribution in [-0.4, -0.2) is 29.9 Å². The smallest absolute Gasteiger partial charge is 0.162 e. The van der Waals surface area contributed by atoms with Crippen LogP contribution in [0.4, 0.5) is 0 Å². The Balaban J connectivity index is 1.81. The Morgan fingerprint density at radius 2 is 1.34 bits per heavy atom. The maximum absolute atomic E-state index is 10.6. The summed E-state index contributed by atoms with van der Waals surface area (Å²) in [6.07, 6.45) is -0.868. The average Bonchev–Trinajstić information content (AvgIpc) is 2.78. The lowest BCUT2D eigenvalue weighted by Crippen LogP contribution is -2.35. The van der Waals surface area contributed by atoms with E-state index in [1.807, 2.05) is 60.7 Å². The Labute approximate surface area is 171 Å². The van der Waals surface area contributed by atoms with Crippen LogP contribution < -0.4 is 14.8 Å². The highest BCUT2D eigenvalue weighted by atomic mass is 16.5. The summed E-state index contributed by atoms with van der Waals surface area (Å²) in [5.41, 5.74) is 2.74. The molecule has 2 atom stereocenters. The Morgan fingerprint density at radius 1 is 0.793 bits per heavy atom. The number of nitrogens with one attached hydrogen (secondary N) is 1. The topological polar surface area (TPSA) is 71.0 Å². The van der Waals surface area contributed by atoms with Gasteiger partial charge in [-0.15, -0.1) is 0 Å². The zero-order chi connectivity index (χ0) is 20.5. The van der Waals surface area contributed by atoms with Gasteiger partial charge in [0.2, 0.25) is 0 Å². The summed E-state index contributed by atoms with van der Waals surface area (Å²) < 4.78 is 12.0. The molecule has 0 fully saturated rings. The summed E-state index contributed by atoms with van der Waals surface area (Å²) in [6, 6.07) is 24.7. The van der Waals surface area contributed by atoms with Crippen molar-refractivity contribution in [2.75, 3.05) is 13.7 Å². The highest BCUT2D eigenvalue weighted by Gasteiger charge is 2.20. The minimum absolute atomic E-state index is 0.176. The third-order valence-corrected chi connectivity index (χ3v) is 4.73. The first-order chi connectivity index (χ1) is 14.2. The molecule has 3 rings (SSSR count). The van der Waals surface area contributed by atoms with E-state index in [1.165, 1.54) is 0 Å². The van der Waals surface area contributed by atoms with Crippen molar-refractivity contribution in [3.63, 3.8) is 0 Å². The van der Waals surface area contributed by atoms with Crippen LogP contribution in [0.3, 0.4) is 0 Å². The molecule has 0 aliphatic rings. The van der Waals surface area contributed by atoms with Gasteiger partial charge in [-0.1, -0.05) is 66.7 Å². The predicted octanol–water partition coefficient (Wildman–Crippen LogP) is 3.46. The predicted molar refractivity (Wildman–Crippen MR) is 113 cm³/mol. The monoisotopic (exact) mass is 393 g/mol. The molecule has 0 bridgehead atoms. The van der Waals surface area contributed by atoms with Crippen LogP contribution >= 0.6 is 0 Å². The molecule has 0 aliphatic heterocycles. The van der Waals surface area contributed by atoms with Gasteiger partial charge in [0.1, 0.15) is 13.2 Å². The number of benzene rings is 3. The molecule has 2 unspecified atom stereocenters. The van der Waals surface area contributed by atoms with E-state index < -0.39 is 12.1 Å². The second kappa shape index (κ2) is 10.6. The molecule has 0 spiro atoms. The van der Waals surface area contributed by atoms with Gasteiger partial charge in [-0.05, 0) is 35.9 Å². The fourth-order valence-corrected chi connectivity index (χ4v) is 2.99. The van der Waals surface area contributed by atoms with Crippen LogP contribution in [0.2, 0.25) is 0 Å². The average molecular weight is 393 g/mol. The van der Waals surface area contributed by atoms with Crippen molar-refractivity contribution in [2.45, 2.75) is 25.4 Å². The second-order valence-electron chi connectivity index (χ2n) is 6.78. The van der Waals surface area contributed by atoms with Gasteiger partial charge in [0.15, 0.2) is 11.5 Å². The fourth-order valence-electron chi connectivity index (χ4n) is 2.99. The van der Waals surface area contributed by atoms with Crippen molar-refractivity contribution >= 4 is 0 Å². The molecule has 3 aromatic carbocycles. The van der Waals surface area contributed by atoms with Gasteiger partial charge < -0.3 is 25.0 Å². The van der Waals surface area contributed by atoms with Crippen molar-refractivity contribution in [1.82, 2.24) is 5.32 Å². The first kappa shape index (κ1) is 20.9. The number of hydrogen-bond acceptors (Lipinski definition) is 5. The molecule has 29 heavy (non-hydrogen) atoms. The highest BCUT2D eigenvalue weighted by Crippen LogP contribution is 2.33. The van der Waals surface area contributed by atoms with Crippen molar-refractivity contribution in [3.05, 3.63) is 95.6 Å². The van der Waals surface area contributed by atoms with Crippen LogP contribution in [0.25, 0.3) is 0 Å². The summed E-state index contributed by atoms with van der Waals surface area (Å²) in [4.78, 5) is 0. The summed E-state index contributed by atoms with van der Waals surface area (Å²) >= 11 is 0. The number of ether oxygens (including phenoxy) is 2. The summed E-state index contributed by atoms with van der Waals surface area (Å²) in [7, 11) is 1.70. The van der Waals surface area contributed by atoms with E-state index in [0.29, 0.717) is 30.3 Å². The Bertz CT molecular complexity index is 867. The van der Waals surface area contributed by atoms with E-state index in [0.717, 1.165) is 11.1 Å². The molecule has 0 radical (unpaired) electrons. The number of likely N-dealkylation sites (N-methyl/N-ethyl adjacent to an activating group) is 1. The lowest BCUT2D eigenvalue weighted by molar-refractivity contribution is 0.0938. The Morgan fingerprint density at radius 3 is 1.86 bits per heavy atom. The van der Waals surface area contributed by atoms with Gasteiger partial charge in [0.05, 0.1) is 18.8 Å². The van der Waals surface area contributed by atoms with E-state index in [2.05, 4.69) is 5.32 Å². The SMILES string of the molecule is CNC(CO)C(O)c1ccc(OCc2ccccc2)c(OCc2ccccc2)c1. The number of aliphatic hydroxyl groups excluding tert-OH is 2. The maximum Gasteiger partial charge on any atom is 0.162 e. The van der Waals surface area contributed by atoms with Crippen molar-refractivity contribution < 1.29 is 19.7 Å². The molecule has 0 aromatic heterocycles. The second-order valence-corrected chi connectivity index (χ2v) is 6.78. The third-order valence-electron chi connectivity index (χ3n) is 4.73. The van der Waals surface area contributed by atoms with Crippen molar-refractivity contribution in [1.29, 1.82) is 0 Å². The largest absolute Gasteiger partial charge is 0.485 e. The molecule has 3 aromatic rings. The quantitative estimate of drug-likeness (QED) is 0.492. The normalized spacial score (nSPS) is 12.9. The van der Waals surface area contributed by atoms with Gasteiger partial charge in [-0.25, -0.2) is 0 Å². The third kappa shape index (κ3) is 5.81. The molecule has 0 saturated heterocycles. The zero-order valence-corrected chi connectivity index (χ0v) is 16.5. The molecule has 5 heteroatoms. The van der Waals surface area contributed by atoms with E-state index in [1.54, 1.807) is 25.2 Å².